The van der Waals surface area contributed by atoms with Crippen LogP contribution in [0.5, 0.6) is 0 Å². The summed E-state index contributed by atoms with van der Waals surface area (Å²) in [7, 11) is 0. The van der Waals surface area contributed by atoms with E-state index in [4.69, 9.17) is 11.6 Å². The summed E-state index contributed by atoms with van der Waals surface area (Å²) in [5.74, 6) is 0.149. The highest BCUT2D eigenvalue weighted by molar-refractivity contribution is 9.10. The number of halogens is 2. The molecule has 8 heteroatoms. The summed E-state index contributed by atoms with van der Waals surface area (Å²) in [5.41, 5.74) is 1.09. The monoisotopic (exact) mass is 330 g/mol. The number of rotatable bonds is 2. The molecule has 0 aromatic carbocycles. The molecule has 0 amide bonds. The second-order valence-electron chi connectivity index (χ2n) is 3.65. The maximum atomic E-state index is 11.0. The Balaban J connectivity index is 2.71. The van der Waals surface area contributed by atoms with Crippen LogP contribution < -0.4 is 0 Å². The van der Waals surface area contributed by atoms with Gasteiger partial charge in [0.15, 0.2) is 0 Å². The lowest BCUT2D eigenvalue weighted by atomic mass is 10.3. The van der Waals surface area contributed by atoms with Crippen LogP contribution in [-0.4, -0.2) is 19.7 Å². The van der Waals surface area contributed by atoms with Gasteiger partial charge in [0.1, 0.15) is 0 Å². The van der Waals surface area contributed by atoms with Gasteiger partial charge in [0.25, 0.3) is 0 Å². The summed E-state index contributed by atoms with van der Waals surface area (Å²) in [6.07, 6.45) is 1.48. The van der Waals surface area contributed by atoms with Crippen LogP contribution in [-0.2, 0) is 0 Å². The Hall–Kier alpha value is -1.47. The maximum absolute atomic E-state index is 11.0. The molecule has 0 saturated carbocycles. The normalized spacial score (nSPS) is 10.7. The number of aromatic nitrogens is 3. The molecule has 94 valence electrons. The van der Waals surface area contributed by atoms with Crippen LogP contribution >= 0.6 is 27.5 Å². The molecule has 0 unspecified atom stereocenters. The van der Waals surface area contributed by atoms with E-state index in [0.717, 1.165) is 0 Å². The van der Waals surface area contributed by atoms with Crippen LogP contribution in [0.3, 0.4) is 0 Å². The van der Waals surface area contributed by atoms with Crippen LogP contribution in [0.4, 0.5) is 5.69 Å². The Morgan fingerprint density at radius 2 is 2.17 bits per heavy atom. The topological polar surface area (TPSA) is 73.8 Å². The van der Waals surface area contributed by atoms with Gasteiger partial charge in [-0.15, -0.1) is 0 Å². The molecule has 0 radical (unpaired) electrons. The highest BCUT2D eigenvalue weighted by atomic mass is 79.9. The molecule has 0 atom stereocenters. The quantitative estimate of drug-likeness (QED) is 0.625. The van der Waals surface area contributed by atoms with Crippen molar-refractivity contribution in [2.75, 3.05) is 0 Å². The van der Waals surface area contributed by atoms with E-state index in [1.165, 1.54) is 16.9 Å². The smallest absolute Gasteiger partial charge is 0.258 e. The van der Waals surface area contributed by atoms with Crippen LogP contribution in [0.15, 0.2) is 16.7 Å². The van der Waals surface area contributed by atoms with E-state index in [9.17, 15) is 10.1 Å². The zero-order valence-corrected chi connectivity index (χ0v) is 11.9. The molecule has 0 saturated heterocycles. The third-order valence-corrected chi connectivity index (χ3v) is 3.39. The fraction of sp³-hybridized carbons (Fsp3) is 0.200. The predicted molar refractivity (Wildman–Crippen MR) is 70.2 cm³/mol. The number of nitrogens with zero attached hydrogens (tertiary/aromatic N) is 4. The third kappa shape index (κ3) is 2.11. The Bertz CT molecular complexity index is 641. The van der Waals surface area contributed by atoms with Gasteiger partial charge >= 0.3 is 5.69 Å². The van der Waals surface area contributed by atoms with Crippen molar-refractivity contribution in [2.24, 2.45) is 0 Å². The number of hydrogen-bond donors (Lipinski definition) is 0. The van der Waals surface area contributed by atoms with Gasteiger partial charge in [-0.2, -0.15) is 5.10 Å². The van der Waals surface area contributed by atoms with Crippen LogP contribution in [0.2, 0.25) is 5.02 Å². The molecule has 0 bridgehead atoms. The van der Waals surface area contributed by atoms with Gasteiger partial charge in [-0.05, 0) is 29.8 Å². The number of aryl methyl sites for hydroxylation is 1. The lowest BCUT2D eigenvalue weighted by Gasteiger charge is -2.04. The van der Waals surface area contributed by atoms with Crippen molar-refractivity contribution in [1.29, 1.82) is 0 Å². The van der Waals surface area contributed by atoms with Gasteiger partial charge in [-0.3, -0.25) is 10.1 Å². The number of nitro groups is 1. The molecule has 18 heavy (non-hydrogen) atoms. The molecule has 0 aliphatic heterocycles. The molecule has 6 nitrogen and oxygen atoms in total. The van der Waals surface area contributed by atoms with Gasteiger partial charge in [-0.25, -0.2) is 9.67 Å². The SMILES string of the molecule is Cc1nn(-c2ncc(Br)cc2[N+](=O)[O-])c(C)c1Cl. The first kappa shape index (κ1) is 13.0. The second-order valence-corrected chi connectivity index (χ2v) is 4.94. The molecule has 0 aliphatic rings. The van der Waals surface area contributed by atoms with Gasteiger partial charge in [0, 0.05) is 16.7 Å². The molecular weight excluding hydrogens is 323 g/mol. The van der Waals surface area contributed by atoms with Crippen LogP contribution in [0.25, 0.3) is 5.82 Å². The van der Waals surface area contributed by atoms with E-state index in [0.29, 0.717) is 20.9 Å². The van der Waals surface area contributed by atoms with E-state index < -0.39 is 4.92 Å². The van der Waals surface area contributed by atoms with Crippen LogP contribution in [0, 0.1) is 24.0 Å². The standard InChI is InChI=1S/C10H8BrClN4O2/c1-5-9(12)6(2)15(14-5)10-8(16(17)18)3-7(11)4-13-10/h3-4H,1-2H3. The van der Waals surface area contributed by atoms with Crippen LogP contribution in [0.1, 0.15) is 11.4 Å². The highest BCUT2D eigenvalue weighted by Crippen LogP contribution is 2.28. The fourth-order valence-corrected chi connectivity index (χ4v) is 1.99. The highest BCUT2D eigenvalue weighted by Gasteiger charge is 2.21. The average Bonchev–Trinajstić information content (AvgIpc) is 2.57. The molecular formula is C10H8BrClN4O2. The van der Waals surface area contributed by atoms with Crippen molar-refractivity contribution < 1.29 is 4.92 Å². The molecule has 0 N–H and O–H groups in total. The van der Waals surface area contributed by atoms with Gasteiger partial charge in [0.05, 0.1) is 21.3 Å². The van der Waals surface area contributed by atoms with Crippen molar-refractivity contribution in [3.8, 4) is 5.82 Å². The van der Waals surface area contributed by atoms with Crippen molar-refractivity contribution in [3.05, 3.63) is 43.3 Å². The summed E-state index contributed by atoms with van der Waals surface area (Å²) in [6.45, 7) is 3.46. The summed E-state index contributed by atoms with van der Waals surface area (Å²) in [4.78, 5) is 14.6. The maximum Gasteiger partial charge on any atom is 0.314 e. The minimum absolute atomic E-state index is 0.133. The lowest BCUT2D eigenvalue weighted by Crippen LogP contribution is -2.06. The first-order valence-electron chi connectivity index (χ1n) is 4.94. The molecule has 2 heterocycles. The summed E-state index contributed by atoms with van der Waals surface area (Å²) >= 11 is 9.17. The summed E-state index contributed by atoms with van der Waals surface area (Å²) < 4.78 is 1.91. The zero-order valence-electron chi connectivity index (χ0n) is 9.52. The minimum atomic E-state index is -0.503. The molecule has 0 fully saturated rings. The van der Waals surface area contributed by atoms with E-state index in [2.05, 4.69) is 26.0 Å². The molecule has 2 aromatic rings. The van der Waals surface area contributed by atoms with E-state index in [1.807, 2.05) is 0 Å². The van der Waals surface area contributed by atoms with E-state index in [1.54, 1.807) is 13.8 Å². The summed E-state index contributed by atoms with van der Waals surface area (Å²) in [6, 6.07) is 1.38. The van der Waals surface area contributed by atoms with Gasteiger partial charge < -0.3 is 0 Å². The second kappa shape index (κ2) is 4.66. The third-order valence-electron chi connectivity index (χ3n) is 2.41. The largest absolute Gasteiger partial charge is 0.314 e. The minimum Gasteiger partial charge on any atom is -0.258 e. The lowest BCUT2D eigenvalue weighted by molar-refractivity contribution is -0.385. The van der Waals surface area contributed by atoms with Crippen molar-refractivity contribution in [3.63, 3.8) is 0 Å². The molecule has 2 rings (SSSR count). The zero-order chi connectivity index (χ0) is 13.4. The Labute approximate surface area is 116 Å². The van der Waals surface area contributed by atoms with E-state index in [-0.39, 0.29) is 11.5 Å². The average molecular weight is 332 g/mol. The van der Waals surface area contributed by atoms with Crippen molar-refractivity contribution in [2.45, 2.75) is 13.8 Å². The number of pyridine rings is 1. The number of hydrogen-bond acceptors (Lipinski definition) is 4. The molecule has 0 spiro atoms. The molecule has 2 aromatic heterocycles. The summed E-state index contributed by atoms with van der Waals surface area (Å²) in [5, 5.41) is 15.7. The fourth-order valence-electron chi connectivity index (χ4n) is 1.55. The first-order chi connectivity index (χ1) is 8.41. The van der Waals surface area contributed by atoms with Gasteiger partial charge in [0.2, 0.25) is 5.82 Å². The Morgan fingerprint density at radius 1 is 1.50 bits per heavy atom. The Morgan fingerprint density at radius 3 is 2.67 bits per heavy atom. The van der Waals surface area contributed by atoms with Crippen molar-refractivity contribution in [1.82, 2.24) is 14.8 Å². The van der Waals surface area contributed by atoms with Gasteiger partial charge in [-0.1, -0.05) is 11.6 Å². The van der Waals surface area contributed by atoms with E-state index >= 15 is 0 Å². The predicted octanol–water partition coefficient (Wildman–Crippen LogP) is 3.21. The molecule has 0 aliphatic carbocycles. The first-order valence-corrected chi connectivity index (χ1v) is 6.11. The van der Waals surface area contributed by atoms with Crippen molar-refractivity contribution >= 4 is 33.2 Å². The Kier molecular flexibility index (Phi) is 3.36.